The zero-order valence-electron chi connectivity index (χ0n) is 21.5. The molecule has 40 heavy (non-hydrogen) atoms. The molecule has 9 aromatic rings. The summed E-state index contributed by atoms with van der Waals surface area (Å²) < 4.78 is 12.9. The van der Waals surface area contributed by atoms with Crippen LogP contribution in [0.3, 0.4) is 0 Å². The molecular formula is C38H22O2. The fourth-order valence-corrected chi connectivity index (χ4v) is 6.48. The van der Waals surface area contributed by atoms with Crippen molar-refractivity contribution in [3.8, 4) is 22.5 Å². The summed E-state index contributed by atoms with van der Waals surface area (Å²) in [7, 11) is 0. The molecule has 0 spiro atoms. The van der Waals surface area contributed by atoms with Gasteiger partial charge in [-0.25, -0.2) is 0 Å². The van der Waals surface area contributed by atoms with E-state index in [0.717, 1.165) is 44.2 Å². The highest BCUT2D eigenvalue weighted by atomic mass is 16.3. The van der Waals surface area contributed by atoms with Crippen LogP contribution in [0.4, 0.5) is 0 Å². The molecule has 0 aliphatic heterocycles. The van der Waals surface area contributed by atoms with Crippen molar-refractivity contribution in [2.75, 3.05) is 0 Å². The van der Waals surface area contributed by atoms with Crippen LogP contribution >= 0.6 is 0 Å². The van der Waals surface area contributed by atoms with Crippen molar-refractivity contribution < 1.29 is 8.83 Å². The molecule has 0 aliphatic carbocycles. The molecule has 0 fully saturated rings. The van der Waals surface area contributed by atoms with Crippen LogP contribution in [0.15, 0.2) is 142 Å². The highest BCUT2D eigenvalue weighted by Gasteiger charge is 2.21. The van der Waals surface area contributed by atoms with Gasteiger partial charge in [0.05, 0.1) is 5.39 Å². The summed E-state index contributed by atoms with van der Waals surface area (Å²) >= 11 is 0. The third-order valence-electron chi connectivity index (χ3n) is 8.24. The highest BCUT2D eigenvalue weighted by Crippen LogP contribution is 2.46. The van der Waals surface area contributed by atoms with E-state index < -0.39 is 0 Å². The number of benzene rings is 7. The molecule has 0 unspecified atom stereocenters. The van der Waals surface area contributed by atoms with Crippen LogP contribution in [0.1, 0.15) is 0 Å². The van der Waals surface area contributed by atoms with Gasteiger partial charge in [0, 0.05) is 16.3 Å². The molecular weight excluding hydrogens is 488 g/mol. The molecule has 186 valence electrons. The summed E-state index contributed by atoms with van der Waals surface area (Å²) in [5.41, 5.74) is 6.17. The molecule has 0 aliphatic rings. The van der Waals surface area contributed by atoms with Gasteiger partial charge in [-0.05, 0) is 73.8 Å². The van der Waals surface area contributed by atoms with E-state index in [4.69, 9.17) is 8.83 Å². The van der Waals surface area contributed by atoms with Gasteiger partial charge in [-0.15, -0.1) is 0 Å². The van der Waals surface area contributed by atoms with Gasteiger partial charge in [0.1, 0.15) is 22.5 Å². The molecule has 2 heteroatoms. The second-order valence-electron chi connectivity index (χ2n) is 10.5. The van der Waals surface area contributed by atoms with Gasteiger partial charge in [-0.2, -0.15) is 0 Å². The van der Waals surface area contributed by atoms with Crippen LogP contribution in [0.25, 0.3) is 87.7 Å². The quantitative estimate of drug-likeness (QED) is 0.216. The van der Waals surface area contributed by atoms with Crippen molar-refractivity contribution in [2.24, 2.45) is 0 Å². The summed E-state index contributed by atoms with van der Waals surface area (Å²) in [6.07, 6.45) is 0. The normalized spacial score (nSPS) is 12.0. The number of rotatable bonds is 2. The Kier molecular flexibility index (Phi) is 4.36. The van der Waals surface area contributed by atoms with Crippen LogP contribution in [0.2, 0.25) is 0 Å². The number of furan rings is 2. The maximum absolute atomic E-state index is 6.79. The minimum atomic E-state index is 0.843. The first kappa shape index (κ1) is 21.6. The molecule has 2 nitrogen and oxygen atoms in total. The Hall–Kier alpha value is -5.34. The lowest BCUT2D eigenvalue weighted by Crippen LogP contribution is -1.90. The van der Waals surface area contributed by atoms with E-state index in [2.05, 4.69) is 115 Å². The van der Waals surface area contributed by atoms with Crippen molar-refractivity contribution in [1.82, 2.24) is 0 Å². The lowest BCUT2D eigenvalue weighted by atomic mass is 9.87. The maximum Gasteiger partial charge on any atom is 0.146 e. The fourth-order valence-electron chi connectivity index (χ4n) is 6.48. The fraction of sp³-hybridized carbons (Fsp3) is 0. The Balaban J connectivity index is 1.39. The van der Waals surface area contributed by atoms with Crippen LogP contribution in [-0.4, -0.2) is 0 Å². The molecule has 0 amide bonds. The minimum Gasteiger partial charge on any atom is -0.456 e. The van der Waals surface area contributed by atoms with Gasteiger partial charge in [-0.3, -0.25) is 0 Å². The summed E-state index contributed by atoms with van der Waals surface area (Å²) in [5, 5.41) is 10.4. The second-order valence-corrected chi connectivity index (χ2v) is 10.5. The lowest BCUT2D eigenvalue weighted by Gasteiger charge is -2.16. The van der Waals surface area contributed by atoms with Gasteiger partial charge < -0.3 is 8.83 Å². The average molecular weight is 511 g/mol. The predicted octanol–water partition coefficient (Wildman–Crippen LogP) is 11.1. The first-order valence-electron chi connectivity index (χ1n) is 13.6. The summed E-state index contributed by atoms with van der Waals surface area (Å²) in [6, 6.07) is 47.2. The minimum absolute atomic E-state index is 0.843. The highest BCUT2D eigenvalue weighted by molar-refractivity contribution is 6.23. The Bertz CT molecular complexity index is 2380. The molecule has 0 bridgehead atoms. The van der Waals surface area contributed by atoms with E-state index in [9.17, 15) is 0 Å². The van der Waals surface area contributed by atoms with Gasteiger partial charge in [-0.1, -0.05) is 103 Å². The third kappa shape index (κ3) is 2.99. The van der Waals surface area contributed by atoms with Crippen LogP contribution < -0.4 is 0 Å². The lowest BCUT2D eigenvalue weighted by molar-refractivity contribution is 0.635. The molecule has 2 heterocycles. The monoisotopic (exact) mass is 510 g/mol. The summed E-state index contributed by atoms with van der Waals surface area (Å²) in [6.45, 7) is 0. The van der Waals surface area contributed by atoms with Gasteiger partial charge in [0.2, 0.25) is 0 Å². The Morgan fingerprint density at radius 3 is 1.73 bits per heavy atom. The summed E-state index contributed by atoms with van der Waals surface area (Å²) in [4.78, 5) is 0. The first-order valence-corrected chi connectivity index (χ1v) is 13.6. The number of hydrogen-bond donors (Lipinski definition) is 0. The van der Waals surface area contributed by atoms with E-state index in [1.807, 2.05) is 18.2 Å². The van der Waals surface area contributed by atoms with Gasteiger partial charge in [0.15, 0.2) is 0 Å². The predicted molar refractivity (Wildman–Crippen MR) is 167 cm³/mol. The van der Waals surface area contributed by atoms with E-state index in [-0.39, 0.29) is 0 Å². The largest absolute Gasteiger partial charge is 0.456 e. The Morgan fingerprint density at radius 2 is 0.975 bits per heavy atom. The van der Waals surface area contributed by atoms with Crippen molar-refractivity contribution in [3.05, 3.63) is 133 Å². The van der Waals surface area contributed by atoms with Crippen LogP contribution in [0, 0.1) is 0 Å². The van der Waals surface area contributed by atoms with Gasteiger partial charge >= 0.3 is 0 Å². The first-order chi connectivity index (χ1) is 19.8. The second kappa shape index (κ2) is 8.08. The smallest absolute Gasteiger partial charge is 0.146 e. The molecule has 9 rings (SSSR count). The Morgan fingerprint density at radius 1 is 0.375 bits per heavy atom. The van der Waals surface area contributed by atoms with Crippen LogP contribution in [-0.2, 0) is 0 Å². The molecule has 0 atom stereocenters. The van der Waals surface area contributed by atoms with Crippen molar-refractivity contribution in [2.45, 2.75) is 0 Å². The van der Waals surface area contributed by atoms with Crippen LogP contribution in [0.5, 0.6) is 0 Å². The van der Waals surface area contributed by atoms with Gasteiger partial charge in [0.25, 0.3) is 0 Å². The Labute approximate surface area is 229 Å². The van der Waals surface area contributed by atoms with E-state index in [0.29, 0.717) is 0 Å². The van der Waals surface area contributed by atoms with E-state index in [1.165, 1.54) is 43.4 Å². The molecule has 2 aromatic heterocycles. The van der Waals surface area contributed by atoms with E-state index >= 15 is 0 Å². The zero-order valence-corrected chi connectivity index (χ0v) is 21.5. The van der Waals surface area contributed by atoms with E-state index in [1.54, 1.807) is 0 Å². The standard InChI is InChI=1S/C38H22O2/c1-2-10-24-21-25(18-17-23(24)9-1)35-27-11-3-5-13-29(27)36(30-14-6-4-12-28(30)35)34-22-26-19-20-33-37(38(26)40-34)31-15-7-8-16-32(31)39-33/h1-22H. The molecule has 0 saturated carbocycles. The molecule has 0 N–H and O–H groups in total. The average Bonchev–Trinajstić information content (AvgIpc) is 3.61. The number of hydrogen-bond acceptors (Lipinski definition) is 2. The van der Waals surface area contributed by atoms with Crippen molar-refractivity contribution >= 4 is 65.2 Å². The molecule has 7 aromatic carbocycles. The molecule has 0 radical (unpaired) electrons. The third-order valence-corrected chi connectivity index (χ3v) is 8.24. The van der Waals surface area contributed by atoms with Crippen molar-refractivity contribution in [1.29, 1.82) is 0 Å². The number of para-hydroxylation sites is 1. The summed E-state index contributed by atoms with van der Waals surface area (Å²) in [5.74, 6) is 0.866. The zero-order chi connectivity index (χ0) is 26.2. The van der Waals surface area contributed by atoms with Crippen molar-refractivity contribution in [3.63, 3.8) is 0 Å². The molecule has 0 saturated heterocycles. The maximum atomic E-state index is 6.79. The SMILES string of the molecule is c1ccc2cc(-c3c4ccccc4c(-c4cc5ccc6oc7ccccc7c6c5o4)c4ccccc34)ccc2c1. The topological polar surface area (TPSA) is 26.3 Å². The number of fused-ring (bicyclic) bond motifs is 8.